The first-order valence-electron chi connectivity index (χ1n) is 5.61. The summed E-state index contributed by atoms with van der Waals surface area (Å²) < 4.78 is 0. The fourth-order valence-corrected chi connectivity index (χ4v) is 2.40. The molecule has 1 saturated heterocycles. The van der Waals surface area contributed by atoms with Crippen molar-refractivity contribution in [2.75, 3.05) is 18.4 Å². The minimum atomic E-state index is 0.363. The average molecular weight is 262 g/mol. The molecule has 1 heterocycles. The summed E-state index contributed by atoms with van der Waals surface area (Å²) in [5.41, 5.74) is 0. The molecule has 0 N–H and O–H groups in total. The van der Waals surface area contributed by atoms with Gasteiger partial charge in [-0.15, -0.1) is 0 Å². The van der Waals surface area contributed by atoms with Gasteiger partial charge in [0.05, 0.1) is 0 Å². The second-order valence-electron chi connectivity index (χ2n) is 4.11. The van der Waals surface area contributed by atoms with E-state index >= 15 is 0 Å². The first kappa shape index (κ1) is 12.0. The van der Waals surface area contributed by atoms with E-state index in [4.69, 9.17) is 0 Å². The van der Waals surface area contributed by atoms with E-state index in [1.807, 2.05) is 4.90 Å². The highest BCUT2D eigenvalue weighted by molar-refractivity contribution is 9.09. The number of likely N-dealkylation sites (tertiary alicyclic amines) is 1. The van der Waals surface area contributed by atoms with Crippen molar-refractivity contribution in [2.45, 2.75) is 39.0 Å². The Morgan fingerprint density at radius 3 is 2.86 bits per heavy atom. The molecule has 1 atom stereocenters. The van der Waals surface area contributed by atoms with E-state index in [2.05, 4.69) is 22.9 Å². The molecular weight excluding hydrogens is 242 g/mol. The van der Waals surface area contributed by atoms with Gasteiger partial charge in [0.2, 0.25) is 5.91 Å². The Bertz CT molecular complexity index is 184. The maximum absolute atomic E-state index is 11.7. The standard InChI is InChI=1S/C11H20BrNO/c1-2-3-4-5-11(14)13-7-6-10(8-12)9-13/h10H,2-9H2,1H3. The van der Waals surface area contributed by atoms with Gasteiger partial charge in [0.1, 0.15) is 0 Å². The van der Waals surface area contributed by atoms with Crippen molar-refractivity contribution >= 4 is 21.8 Å². The van der Waals surface area contributed by atoms with E-state index in [1.54, 1.807) is 0 Å². The van der Waals surface area contributed by atoms with Crippen LogP contribution in [0.3, 0.4) is 0 Å². The minimum Gasteiger partial charge on any atom is -0.342 e. The van der Waals surface area contributed by atoms with Crippen LogP contribution >= 0.6 is 15.9 Å². The van der Waals surface area contributed by atoms with Gasteiger partial charge in [-0.25, -0.2) is 0 Å². The number of amides is 1. The zero-order valence-corrected chi connectivity index (χ0v) is 10.6. The quantitative estimate of drug-likeness (QED) is 0.551. The average Bonchev–Trinajstić information content (AvgIpc) is 2.66. The van der Waals surface area contributed by atoms with Gasteiger partial charge in [0.15, 0.2) is 0 Å². The molecule has 0 aromatic rings. The Labute approximate surface area is 95.2 Å². The molecule has 1 rings (SSSR count). The molecule has 1 aliphatic rings. The van der Waals surface area contributed by atoms with Gasteiger partial charge in [0, 0.05) is 24.8 Å². The predicted molar refractivity (Wildman–Crippen MR) is 62.6 cm³/mol. The fourth-order valence-electron chi connectivity index (χ4n) is 1.87. The van der Waals surface area contributed by atoms with E-state index in [9.17, 15) is 4.79 Å². The van der Waals surface area contributed by atoms with Crippen molar-refractivity contribution in [1.82, 2.24) is 4.90 Å². The maximum atomic E-state index is 11.7. The Kier molecular flexibility index (Phi) is 5.53. The topological polar surface area (TPSA) is 20.3 Å². The monoisotopic (exact) mass is 261 g/mol. The number of rotatable bonds is 5. The molecule has 0 bridgehead atoms. The first-order chi connectivity index (χ1) is 6.77. The lowest BCUT2D eigenvalue weighted by Crippen LogP contribution is -2.28. The minimum absolute atomic E-state index is 0.363. The molecule has 0 aromatic carbocycles. The number of nitrogens with zero attached hydrogens (tertiary/aromatic N) is 1. The van der Waals surface area contributed by atoms with Crippen LogP contribution in [-0.4, -0.2) is 29.2 Å². The zero-order valence-electron chi connectivity index (χ0n) is 8.97. The number of hydrogen-bond donors (Lipinski definition) is 0. The second kappa shape index (κ2) is 6.44. The molecule has 0 radical (unpaired) electrons. The van der Waals surface area contributed by atoms with Crippen molar-refractivity contribution < 1.29 is 4.79 Å². The number of hydrogen-bond acceptors (Lipinski definition) is 1. The van der Waals surface area contributed by atoms with Gasteiger partial charge < -0.3 is 4.90 Å². The third-order valence-corrected chi connectivity index (χ3v) is 3.77. The van der Waals surface area contributed by atoms with Crippen molar-refractivity contribution in [2.24, 2.45) is 5.92 Å². The summed E-state index contributed by atoms with van der Waals surface area (Å²) in [6.45, 7) is 4.11. The van der Waals surface area contributed by atoms with Crippen LogP contribution in [0.4, 0.5) is 0 Å². The van der Waals surface area contributed by atoms with Crippen LogP contribution in [0.25, 0.3) is 0 Å². The molecule has 0 aromatic heterocycles. The van der Waals surface area contributed by atoms with E-state index in [0.29, 0.717) is 11.8 Å². The molecule has 1 unspecified atom stereocenters. The smallest absolute Gasteiger partial charge is 0.222 e. The molecule has 1 amide bonds. The summed E-state index contributed by atoms with van der Waals surface area (Å²) in [5.74, 6) is 1.05. The SMILES string of the molecule is CCCCCC(=O)N1CCC(CBr)C1. The van der Waals surface area contributed by atoms with Gasteiger partial charge in [-0.3, -0.25) is 4.79 Å². The van der Waals surface area contributed by atoms with E-state index in [-0.39, 0.29) is 0 Å². The van der Waals surface area contributed by atoms with Crippen LogP contribution in [-0.2, 0) is 4.79 Å². The van der Waals surface area contributed by atoms with E-state index in [1.165, 1.54) is 19.3 Å². The zero-order chi connectivity index (χ0) is 10.4. The second-order valence-corrected chi connectivity index (χ2v) is 4.75. The number of carbonyl (C=O) groups excluding carboxylic acids is 1. The number of alkyl halides is 1. The number of carbonyl (C=O) groups is 1. The van der Waals surface area contributed by atoms with Crippen LogP contribution in [0.1, 0.15) is 39.0 Å². The van der Waals surface area contributed by atoms with Gasteiger partial charge in [-0.2, -0.15) is 0 Å². The summed E-state index contributed by atoms with van der Waals surface area (Å²) >= 11 is 3.48. The molecule has 1 fully saturated rings. The Balaban J connectivity index is 2.18. The summed E-state index contributed by atoms with van der Waals surface area (Å²) in [5, 5.41) is 1.03. The van der Waals surface area contributed by atoms with E-state index in [0.717, 1.165) is 31.3 Å². The highest BCUT2D eigenvalue weighted by atomic mass is 79.9. The van der Waals surface area contributed by atoms with Gasteiger partial charge in [-0.1, -0.05) is 35.7 Å². The lowest BCUT2D eigenvalue weighted by atomic mass is 10.2. The molecule has 3 heteroatoms. The molecular formula is C11H20BrNO. The molecule has 1 aliphatic heterocycles. The molecule has 0 saturated carbocycles. The summed E-state index contributed by atoms with van der Waals surface area (Å²) in [6, 6.07) is 0. The van der Waals surface area contributed by atoms with Crippen molar-refractivity contribution in [3.63, 3.8) is 0 Å². The number of unbranched alkanes of at least 4 members (excludes halogenated alkanes) is 2. The summed E-state index contributed by atoms with van der Waals surface area (Å²) in [6.07, 6.45) is 5.36. The third kappa shape index (κ3) is 3.60. The maximum Gasteiger partial charge on any atom is 0.222 e. The van der Waals surface area contributed by atoms with Gasteiger partial charge in [0.25, 0.3) is 0 Å². The predicted octanol–water partition coefficient (Wildman–Crippen LogP) is 2.81. The Hall–Kier alpha value is -0.0500. The Morgan fingerprint density at radius 1 is 1.50 bits per heavy atom. The van der Waals surface area contributed by atoms with Crippen molar-refractivity contribution in [1.29, 1.82) is 0 Å². The van der Waals surface area contributed by atoms with Crippen molar-refractivity contribution in [3.05, 3.63) is 0 Å². The Morgan fingerprint density at radius 2 is 2.29 bits per heavy atom. The molecule has 14 heavy (non-hydrogen) atoms. The summed E-state index contributed by atoms with van der Waals surface area (Å²) in [7, 11) is 0. The lowest BCUT2D eigenvalue weighted by molar-refractivity contribution is -0.130. The highest BCUT2D eigenvalue weighted by Gasteiger charge is 2.24. The normalized spacial score (nSPS) is 21.6. The summed E-state index contributed by atoms with van der Waals surface area (Å²) in [4.78, 5) is 13.7. The lowest BCUT2D eigenvalue weighted by Gasteiger charge is -2.15. The van der Waals surface area contributed by atoms with Crippen LogP contribution in [0, 0.1) is 5.92 Å². The van der Waals surface area contributed by atoms with Crippen LogP contribution in [0.15, 0.2) is 0 Å². The molecule has 2 nitrogen and oxygen atoms in total. The van der Waals surface area contributed by atoms with E-state index < -0.39 is 0 Å². The third-order valence-electron chi connectivity index (χ3n) is 2.85. The fraction of sp³-hybridized carbons (Fsp3) is 0.909. The first-order valence-corrected chi connectivity index (χ1v) is 6.73. The number of halogens is 1. The molecule has 0 aliphatic carbocycles. The van der Waals surface area contributed by atoms with Crippen molar-refractivity contribution in [3.8, 4) is 0 Å². The van der Waals surface area contributed by atoms with Crippen LogP contribution in [0.5, 0.6) is 0 Å². The molecule has 82 valence electrons. The molecule has 0 spiro atoms. The van der Waals surface area contributed by atoms with Crippen LogP contribution in [0.2, 0.25) is 0 Å². The van der Waals surface area contributed by atoms with Crippen LogP contribution < -0.4 is 0 Å². The largest absolute Gasteiger partial charge is 0.342 e. The van der Waals surface area contributed by atoms with Gasteiger partial charge in [-0.05, 0) is 18.8 Å². The van der Waals surface area contributed by atoms with Gasteiger partial charge >= 0.3 is 0 Å². The highest BCUT2D eigenvalue weighted by Crippen LogP contribution is 2.19.